The van der Waals surface area contributed by atoms with Crippen molar-refractivity contribution < 1.29 is 70.0 Å². The van der Waals surface area contributed by atoms with Gasteiger partial charge in [0, 0.05) is 37.1 Å². The van der Waals surface area contributed by atoms with Crippen LogP contribution in [-0.2, 0) is 37.1 Å². The third-order valence-corrected chi connectivity index (χ3v) is 0. The topological polar surface area (TPSA) is 186 Å². The molecule has 0 saturated carbocycles. The van der Waals surface area contributed by atoms with E-state index in [1.54, 1.807) is 0 Å². The van der Waals surface area contributed by atoms with Gasteiger partial charge in [0.05, 0.1) is 0 Å². The summed E-state index contributed by atoms with van der Waals surface area (Å²) in [5, 5.41) is 0. The predicted molar refractivity (Wildman–Crippen MR) is 24.1 cm³/mol. The molecule has 0 aromatic rings. The molecular weight excluding hydrogens is 238 g/mol. The standard InChI is InChI=1S/Ca.6H2O.2V/h;6*1H2;;/q+2;;;;;;;;/p-2. The SMILES string of the molecule is O.O.O.O.[Ca+2].[OH-].[OH-].[V].[V]. The molecule has 0 fully saturated rings. The van der Waals surface area contributed by atoms with Gasteiger partial charge in [0.2, 0.25) is 0 Å². The smallest absolute Gasteiger partial charge is 0.870 e. The van der Waals surface area contributed by atoms with Gasteiger partial charge in [-0.1, -0.05) is 0 Å². The van der Waals surface area contributed by atoms with Crippen LogP contribution in [-0.4, -0.2) is 70.6 Å². The van der Waals surface area contributed by atoms with E-state index in [9.17, 15) is 0 Å². The summed E-state index contributed by atoms with van der Waals surface area (Å²) >= 11 is 0. The zero-order chi connectivity index (χ0) is 0. The molecule has 0 amide bonds. The van der Waals surface area contributed by atoms with E-state index in [0.29, 0.717) is 0 Å². The number of hydrogen-bond acceptors (Lipinski definition) is 2. The Labute approximate surface area is 106 Å². The summed E-state index contributed by atoms with van der Waals surface area (Å²) in [6, 6.07) is 0. The van der Waals surface area contributed by atoms with E-state index in [1.807, 2.05) is 0 Å². The normalized spacial score (nSPS) is 0. The first-order valence-corrected chi connectivity index (χ1v) is 0. The summed E-state index contributed by atoms with van der Waals surface area (Å²) in [5.41, 5.74) is 0. The molecule has 0 spiro atoms. The Hall–Kier alpha value is 2.19. The van der Waals surface area contributed by atoms with Gasteiger partial charge in [0.1, 0.15) is 0 Å². The van der Waals surface area contributed by atoms with Gasteiger partial charge in [-0.3, -0.25) is 0 Å². The van der Waals surface area contributed by atoms with Crippen molar-refractivity contribution >= 4 is 37.7 Å². The van der Waals surface area contributed by atoms with Crippen LogP contribution in [0.2, 0.25) is 0 Å². The summed E-state index contributed by atoms with van der Waals surface area (Å²) in [5.74, 6) is 0. The van der Waals surface area contributed by atoms with Crippen LogP contribution in [0.1, 0.15) is 0 Å². The van der Waals surface area contributed by atoms with Gasteiger partial charge in [-0.25, -0.2) is 0 Å². The molecule has 0 rings (SSSR count). The van der Waals surface area contributed by atoms with Gasteiger partial charge in [-0.15, -0.1) is 0 Å². The van der Waals surface area contributed by atoms with E-state index in [1.165, 1.54) is 0 Å². The van der Waals surface area contributed by atoms with E-state index >= 15 is 0 Å². The van der Waals surface area contributed by atoms with Crippen LogP contribution >= 0.6 is 0 Å². The van der Waals surface area contributed by atoms with Crippen molar-refractivity contribution in [1.82, 2.24) is 0 Å². The molecule has 9 heavy (non-hydrogen) atoms. The first kappa shape index (κ1) is 242. The Balaban J connectivity index is 0. The summed E-state index contributed by atoms with van der Waals surface area (Å²) in [4.78, 5) is 0. The van der Waals surface area contributed by atoms with Crippen LogP contribution in [0, 0.1) is 0 Å². The minimum absolute atomic E-state index is 0. The molecule has 9 heteroatoms. The third kappa shape index (κ3) is 143. The average molecular weight is 248 g/mol. The van der Waals surface area contributed by atoms with Crippen LogP contribution in [0.3, 0.4) is 0 Å². The molecule has 0 heterocycles. The maximum absolute atomic E-state index is 0. The van der Waals surface area contributed by atoms with Gasteiger partial charge < -0.3 is 32.9 Å². The first-order valence-electron chi connectivity index (χ1n) is 0. The van der Waals surface area contributed by atoms with Crippen LogP contribution < -0.4 is 0 Å². The molecular formula is H10CaO6V2. The van der Waals surface area contributed by atoms with E-state index in [-0.39, 0.29) is 108 Å². The van der Waals surface area contributed by atoms with Crippen molar-refractivity contribution in [3.05, 3.63) is 0 Å². The van der Waals surface area contributed by atoms with E-state index < -0.39 is 0 Å². The van der Waals surface area contributed by atoms with Crippen molar-refractivity contribution in [1.29, 1.82) is 0 Å². The first-order chi connectivity index (χ1) is 0. The Morgan fingerprint density at radius 3 is 0.444 bits per heavy atom. The molecule has 2 radical (unpaired) electrons. The molecule has 58 valence electrons. The van der Waals surface area contributed by atoms with Crippen molar-refractivity contribution in [2.24, 2.45) is 0 Å². The summed E-state index contributed by atoms with van der Waals surface area (Å²) in [7, 11) is 0. The van der Waals surface area contributed by atoms with Gasteiger partial charge in [-0.05, 0) is 0 Å². The van der Waals surface area contributed by atoms with Crippen molar-refractivity contribution in [3.63, 3.8) is 0 Å². The Bertz CT molecular complexity index is 11.0. The van der Waals surface area contributed by atoms with Crippen LogP contribution in [0.4, 0.5) is 0 Å². The van der Waals surface area contributed by atoms with Crippen LogP contribution in [0.15, 0.2) is 0 Å². The van der Waals surface area contributed by atoms with Gasteiger partial charge >= 0.3 is 37.7 Å². The van der Waals surface area contributed by atoms with Gasteiger partial charge in [0.15, 0.2) is 0 Å². The quantitative estimate of drug-likeness (QED) is 0.395. The second-order valence-corrected chi connectivity index (χ2v) is 0. The number of rotatable bonds is 0. The fourth-order valence-corrected chi connectivity index (χ4v) is 0. The monoisotopic (exact) mass is 248 g/mol. The summed E-state index contributed by atoms with van der Waals surface area (Å²) < 4.78 is 0. The fraction of sp³-hybridized carbons (Fsp3) is 0. The maximum Gasteiger partial charge on any atom is 2.00 e. The van der Waals surface area contributed by atoms with Gasteiger partial charge in [0.25, 0.3) is 0 Å². The minimum atomic E-state index is 0. The molecule has 10 N–H and O–H groups in total. The molecule has 0 unspecified atom stereocenters. The van der Waals surface area contributed by atoms with E-state index in [2.05, 4.69) is 0 Å². The predicted octanol–water partition coefficient (Wildman–Crippen LogP) is -4.04. The molecule has 0 saturated heterocycles. The largest absolute Gasteiger partial charge is 2.00 e. The zero-order valence-corrected chi connectivity index (χ0v) is 9.50. The van der Waals surface area contributed by atoms with Crippen molar-refractivity contribution in [2.75, 3.05) is 0 Å². The minimum Gasteiger partial charge on any atom is -0.870 e. The molecule has 0 aromatic carbocycles. The van der Waals surface area contributed by atoms with Crippen molar-refractivity contribution in [3.8, 4) is 0 Å². The molecule has 0 aliphatic carbocycles. The molecule has 0 atom stereocenters. The Morgan fingerprint density at radius 2 is 0.444 bits per heavy atom. The third-order valence-electron chi connectivity index (χ3n) is 0. The molecule has 0 aliphatic rings. The van der Waals surface area contributed by atoms with E-state index in [0.717, 1.165) is 0 Å². The Kier molecular flexibility index (Phi) is 4840. The van der Waals surface area contributed by atoms with Crippen LogP contribution in [0.25, 0.3) is 0 Å². The molecule has 0 bridgehead atoms. The number of hydrogen-bond donors (Lipinski definition) is 0. The second-order valence-electron chi connectivity index (χ2n) is 0. The second kappa shape index (κ2) is 180. The molecule has 0 aliphatic heterocycles. The maximum atomic E-state index is 0. The fourth-order valence-electron chi connectivity index (χ4n) is 0. The molecule has 6 nitrogen and oxygen atoms in total. The average Bonchev–Trinajstić information content (AvgIpc) is 0. The Morgan fingerprint density at radius 1 is 0.444 bits per heavy atom. The van der Waals surface area contributed by atoms with Crippen molar-refractivity contribution in [2.45, 2.75) is 0 Å². The summed E-state index contributed by atoms with van der Waals surface area (Å²) in [6.45, 7) is 0. The van der Waals surface area contributed by atoms with E-state index in [4.69, 9.17) is 0 Å². The zero-order valence-electron chi connectivity index (χ0n) is 4.50. The molecule has 0 aromatic heterocycles. The van der Waals surface area contributed by atoms with Crippen LogP contribution in [0.5, 0.6) is 0 Å². The van der Waals surface area contributed by atoms with Gasteiger partial charge in [-0.2, -0.15) is 0 Å². The summed E-state index contributed by atoms with van der Waals surface area (Å²) in [6.07, 6.45) is 0.